The summed E-state index contributed by atoms with van der Waals surface area (Å²) in [7, 11) is -3.29. The standard InChI is InChI=1S/C9H12N2O5S2/c1-18(15,16)10-3-2-5-8(9(13)14)11-6(12)4-7(11)17-5/h7,10H,2-4H2,1H3,(H,13,14)/t7-/m0/s1. The number of hydrogen-bond donors (Lipinski definition) is 2. The molecule has 9 heteroatoms. The van der Waals surface area contributed by atoms with Gasteiger partial charge >= 0.3 is 5.97 Å². The molecule has 100 valence electrons. The van der Waals surface area contributed by atoms with Crippen LogP contribution in [0.2, 0.25) is 0 Å². The smallest absolute Gasteiger partial charge is 0.353 e. The normalized spacial score (nSPS) is 23.1. The molecule has 0 bridgehead atoms. The fourth-order valence-electron chi connectivity index (χ4n) is 1.85. The number of carbonyl (C=O) groups is 2. The largest absolute Gasteiger partial charge is 0.477 e. The summed E-state index contributed by atoms with van der Waals surface area (Å²) in [6, 6.07) is 0. The molecule has 2 aliphatic rings. The van der Waals surface area contributed by atoms with Gasteiger partial charge in [0.1, 0.15) is 5.70 Å². The summed E-state index contributed by atoms with van der Waals surface area (Å²) in [5.41, 5.74) is -0.00319. The van der Waals surface area contributed by atoms with E-state index in [-0.39, 0.29) is 29.9 Å². The summed E-state index contributed by atoms with van der Waals surface area (Å²) in [6.07, 6.45) is 1.65. The van der Waals surface area contributed by atoms with E-state index in [2.05, 4.69) is 4.72 Å². The van der Waals surface area contributed by atoms with Crippen molar-refractivity contribution in [3.8, 4) is 0 Å². The minimum Gasteiger partial charge on any atom is -0.477 e. The fraction of sp³-hybridized carbons (Fsp3) is 0.556. The number of nitrogens with one attached hydrogen (secondary N) is 1. The average Bonchev–Trinajstić information content (AvgIpc) is 2.49. The van der Waals surface area contributed by atoms with E-state index in [1.165, 1.54) is 16.7 Å². The van der Waals surface area contributed by atoms with Gasteiger partial charge in [0, 0.05) is 11.4 Å². The summed E-state index contributed by atoms with van der Waals surface area (Å²) in [6.45, 7) is 0.132. The van der Waals surface area contributed by atoms with Gasteiger partial charge in [-0.15, -0.1) is 11.8 Å². The second-order valence-corrected chi connectivity index (χ2v) is 7.14. The maximum Gasteiger partial charge on any atom is 0.353 e. The molecule has 0 saturated carbocycles. The van der Waals surface area contributed by atoms with Gasteiger partial charge in [-0.1, -0.05) is 0 Å². The highest BCUT2D eigenvalue weighted by molar-refractivity contribution is 8.04. The number of fused-ring (bicyclic) bond motifs is 1. The minimum absolute atomic E-state index is 0.00319. The van der Waals surface area contributed by atoms with Crippen molar-refractivity contribution in [2.45, 2.75) is 18.2 Å². The Bertz CT molecular complexity index is 539. The predicted octanol–water partition coefficient (Wildman–Crippen LogP) is -0.473. The number of carbonyl (C=O) groups excluding carboxylic acids is 1. The van der Waals surface area contributed by atoms with Crippen LogP contribution in [0.25, 0.3) is 0 Å². The number of amides is 1. The number of β-lactam (4-membered cyclic amide) rings is 1. The molecule has 1 amide bonds. The first-order valence-corrected chi connectivity index (χ1v) is 7.96. The average molecular weight is 292 g/mol. The molecule has 0 aromatic rings. The zero-order valence-corrected chi connectivity index (χ0v) is 11.2. The van der Waals surface area contributed by atoms with E-state index in [4.69, 9.17) is 5.11 Å². The van der Waals surface area contributed by atoms with Gasteiger partial charge in [-0.3, -0.25) is 9.69 Å². The van der Waals surface area contributed by atoms with Crippen LogP contribution in [0.15, 0.2) is 10.6 Å². The van der Waals surface area contributed by atoms with Crippen molar-refractivity contribution in [3.05, 3.63) is 10.6 Å². The van der Waals surface area contributed by atoms with Crippen LogP contribution >= 0.6 is 11.8 Å². The van der Waals surface area contributed by atoms with Crippen molar-refractivity contribution >= 4 is 33.7 Å². The van der Waals surface area contributed by atoms with Crippen molar-refractivity contribution < 1.29 is 23.1 Å². The van der Waals surface area contributed by atoms with Crippen LogP contribution in [0.3, 0.4) is 0 Å². The lowest BCUT2D eigenvalue weighted by atomic mass is 10.1. The van der Waals surface area contributed by atoms with Crippen molar-refractivity contribution in [2.75, 3.05) is 12.8 Å². The van der Waals surface area contributed by atoms with E-state index in [1.54, 1.807) is 0 Å². The zero-order valence-electron chi connectivity index (χ0n) is 9.54. The number of carboxylic acid groups (broad SMARTS) is 1. The van der Waals surface area contributed by atoms with E-state index in [0.717, 1.165) is 6.26 Å². The molecule has 1 fully saturated rings. The van der Waals surface area contributed by atoms with Crippen LogP contribution in [0.4, 0.5) is 0 Å². The highest BCUT2D eigenvalue weighted by Gasteiger charge is 2.47. The molecule has 0 aromatic carbocycles. The molecule has 0 unspecified atom stereocenters. The Morgan fingerprint density at radius 2 is 2.28 bits per heavy atom. The summed E-state index contributed by atoms with van der Waals surface area (Å²) < 4.78 is 24.1. The molecule has 1 atom stereocenters. The first-order chi connectivity index (χ1) is 8.29. The van der Waals surface area contributed by atoms with E-state index >= 15 is 0 Å². The summed E-state index contributed by atoms with van der Waals surface area (Å²) >= 11 is 1.32. The molecule has 0 spiro atoms. The Labute approximate surface area is 108 Å². The third kappa shape index (κ3) is 2.52. The number of rotatable bonds is 5. The fourth-order valence-corrected chi connectivity index (χ4v) is 3.73. The predicted molar refractivity (Wildman–Crippen MR) is 65.0 cm³/mol. The Morgan fingerprint density at radius 1 is 1.61 bits per heavy atom. The van der Waals surface area contributed by atoms with Crippen LogP contribution < -0.4 is 4.72 Å². The third-order valence-corrected chi connectivity index (χ3v) is 4.67. The quantitative estimate of drug-likeness (QED) is 0.664. The first kappa shape index (κ1) is 13.4. The van der Waals surface area contributed by atoms with Crippen LogP contribution in [0.1, 0.15) is 12.8 Å². The Morgan fingerprint density at radius 3 is 2.78 bits per heavy atom. The topological polar surface area (TPSA) is 104 Å². The lowest BCUT2D eigenvalue weighted by molar-refractivity contribution is -0.145. The second-order valence-electron chi connectivity index (χ2n) is 4.03. The van der Waals surface area contributed by atoms with Gasteiger partial charge in [0.05, 0.1) is 18.1 Å². The Kier molecular flexibility index (Phi) is 3.39. The first-order valence-electron chi connectivity index (χ1n) is 5.19. The molecule has 0 aromatic heterocycles. The van der Waals surface area contributed by atoms with Gasteiger partial charge in [-0.05, 0) is 6.42 Å². The third-order valence-electron chi connectivity index (χ3n) is 2.61. The Balaban J connectivity index is 2.07. The second kappa shape index (κ2) is 4.56. The minimum atomic E-state index is -3.29. The number of nitrogens with zero attached hydrogens (tertiary/aromatic N) is 1. The SMILES string of the molecule is CS(=O)(=O)NCCC1=C(C(=O)O)N2C(=O)C[C@@H]2S1. The number of aliphatic carboxylic acids is 1. The highest BCUT2D eigenvalue weighted by atomic mass is 32.2. The van der Waals surface area contributed by atoms with Crippen LogP contribution in [0.5, 0.6) is 0 Å². The number of hydrogen-bond acceptors (Lipinski definition) is 5. The molecular formula is C9H12N2O5S2. The van der Waals surface area contributed by atoms with E-state index in [9.17, 15) is 18.0 Å². The van der Waals surface area contributed by atoms with Gasteiger partial charge in [0.15, 0.2) is 0 Å². The molecule has 2 rings (SSSR count). The molecular weight excluding hydrogens is 280 g/mol. The van der Waals surface area contributed by atoms with Crippen LogP contribution in [0, 0.1) is 0 Å². The molecule has 2 N–H and O–H groups in total. The molecule has 1 saturated heterocycles. The summed E-state index contributed by atoms with van der Waals surface area (Å²) in [4.78, 5) is 24.2. The summed E-state index contributed by atoms with van der Waals surface area (Å²) in [5.74, 6) is -1.34. The van der Waals surface area contributed by atoms with Crippen molar-refractivity contribution in [3.63, 3.8) is 0 Å². The number of sulfonamides is 1. The van der Waals surface area contributed by atoms with Crippen LogP contribution in [-0.2, 0) is 19.6 Å². The van der Waals surface area contributed by atoms with Crippen molar-refractivity contribution in [1.29, 1.82) is 0 Å². The molecule has 0 aliphatic carbocycles. The molecule has 7 nitrogen and oxygen atoms in total. The van der Waals surface area contributed by atoms with E-state index in [1.807, 2.05) is 0 Å². The number of thioether (sulfide) groups is 1. The van der Waals surface area contributed by atoms with Gasteiger partial charge in [0.25, 0.3) is 0 Å². The summed E-state index contributed by atoms with van der Waals surface area (Å²) in [5, 5.41) is 8.95. The Hall–Kier alpha value is -1.06. The molecule has 2 heterocycles. The van der Waals surface area contributed by atoms with E-state index < -0.39 is 16.0 Å². The zero-order chi connectivity index (χ0) is 13.5. The van der Waals surface area contributed by atoms with E-state index in [0.29, 0.717) is 11.3 Å². The molecule has 2 aliphatic heterocycles. The maximum atomic E-state index is 11.3. The lowest BCUT2D eigenvalue weighted by Gasteiger charge is -2.33. The maximum absolute atomic E-state index is 11.3. The highest BCUT2D eigenvalue weighted by Crippen LogP contribution is 2.47. The van der Waals surface area contributed by atoms with Gasteiger partial charge in [-0.2, -0.15) is 0 Å². The van der Waals surface area contributed by atoms with Crippen molar-refractivity contribution in [1.82, 2.24) is 9.62 Å². The lowest BCUT2D eigenvalue weighted by Crippen LogP contribution is -2.48. The monoisotopic (exact) mass is 292 g/mol. The van der Waals surface area contributed by atoms with Crippen molar-refractivity contribution in [2.24, 2.45) is 0 Å². The molecule has 0 radical (unpaired) electrons. The van der Waals surface area contributed by atoms with Gasteiger partial charge in [-0.25, -0.2) is 17.9 Å². The number of carboxylic acids is 1. The van der Waals surface area contributed by atoms with Crippen LogP contribution in [-0.4, -0.2) is 48.5 Å². The molecule has 18 heavy (non-hydrogen) atoms. The van der Waals surface area contributed by atoms with Gasteiger partial charge < -0.3 is 5.11 Å². The van der Waals surface area contributed by atoms with Gasteiger partial charge in [0.2, 0.25) is 15.9 Å².